The molecule has 13 heteroatoms. The van der Waals surface area contributed by atoms with Crippen molar-refractivity contribution in [3.8, 4) is 0 Å². The molecule has 0 bridgehead atoms. The number of carbonyl (C=O) groups is 3. The fourth-order valence-corrected chi connectivity index (χ4v) is 2.03. The van der Waals surface area contributed by atoms with Gasteiger partial charge in [-0.25, -0.2) is 14.6 Å². The molecule has 0 aromatic carbocycles. The van der Waals surface area contributed by atoms with E-state index in [2.05, 4.69) is 10.7 Å². The van der Waals surface area contributed by atoms with E-state index in [1.165, 1.54) is 11.9 Å². The van der Waals surface area contributed by atoms with Gasteiger partial charge in [-0.2, -0.15) is 0 Å². The molecule has 0 saturated heterocycles. The number of hydrogen-bond acceptors (Lipinski definition) is 8. The first-order valence-electron chi connectivity index (χ1n) is 7.62. The Morgan fingerprint density at radius 3 is 2.19 bits per heavy atom. The van der Waals surface area contributed by atoms with E-state index in [-0.39, 0.29) is 18.0 Å². The summed E-state index contributed by atoms with van der Waals surface area (Å²) in [6.45, 7) is 0.920. The lowest BCUT2D eigenvalue weighted by Gasteiger charge is -2.28. The third-order valence-corrected chi connectivity index (χ3v) is 3.59. The van der Waals surface area contributed by atoms with Gasteiger partial charge < -0.3 is 42.8 Å². The first-order valence-corrected chi connectivity index (χ1v) is 8.03. The van der Waals surface area contributed by atoms with Crippen molar-refractivity contribution in [2.45, 2.75) is 37.6 Å². The highest BCUT2D eigenvalue weighted by Crippen LogP contribution is 1.97. The molecule has 4 atom stereocenters. The van der Waals surface area contributed by atoms with Gasteiger partial charge in [0.25, 0.3) is 0 Å². The Morgan fingerprint density at radius 2 is 1.77 bits per heavy atom. The number of rotatable bonds is 11. The number of urea groups is 1. The summed E-state index contributed by atoms with van der Waals surface area (Å²) in [5, 5.41) is 32.9. The molecule has 0 fully saturated rings. The fourth-order valence-electron chi connectivity index (χ4n) is 1.73. The number of amides is 3. The van der Waals surface area contributed by atoms with Crippen molar-refractivity contribution in [3.63, 3.8) is 0 Å². The first kappa shape index (κ1) is 23.9. The average molecular weight is 394 g/mol. The summed E-state index contributed by atoms with van der Waals surface area (Å²) in [6, 6.07) is -4.06. The monoisotopic (exact) mass is 394 g/mol. The molecule has 0 heterocycles. The number of hydrogen-bond donors (Lipinski definition) is 8. The maximum Gasteiger partial charge on any atom is 0.328 e. The van der Waals surface area contributed by atoms with Crippen molar-refractivity contribution in [1.29, 1.82) is 0 Å². The number of primary amides is 1. The van der Waals surface area contributed by atoms with Crippen LogP contribution in [0.1, 0.15) is 13.3 Å². The lowest BCUT2D eigenvalue weighted by Crippen LogP contribution is -2.57. The maximum absolute atomic E-state index is 11.9. The highest BCUT2D eigenvalue weighted by Gasteiger charge is 2.24. The predicted octanol–water partition coefficient (Wildman–Crippen LogP) is -3.55. The summed E-state index contributed by atoms with van der Waals surface area (Å²) in [5.41, 5.74) is 13.6. The molecule has 0 aliphatic heterocycles. The summed E-state index contributed by atoms with van der Waals surface area (Å²) in [7, 11) is 1.59. The molecule has 3 amide bonds. The van der Waals surface area contributed by atoms with Crippen LogP contribution in [0, 0.1) is 0 Å². The molecule has 0 aliphatic rings. The number of carbonyl (C=O) groups excluding carboxylic acids is 2. The zero-order chi connectivity index (χ0) is 20.4. The number of nitrogens with two attached hydrogens (primary N) is 2. The van der Waals surface area contributed by atoms with E-state index in [4.69, 9.17) is 33.9 Å². The normalized spacial score (nSPS) is 15.5. The lowest BCUT2D eigenvalue weighted by molar-refractivity contribution is -0.140. The Morgan fingerprint density at radius 1 is 1.23 bits per heavy atom. The molecule has 150 valence electrons. The second-order valence-electron chi connectivity index (χ2n) is 5.68. The number of carboxylic acids is 1. The highest BCUT2D eigenvalue weighted by atomic mass is 32.1. The number of aliphatic hydroxyl groups excluding tert-OH is 2. The van der Waals surface area contributed by atoms with Crippen molar-refractivity contribution in [2.75, 3.05) is 20.2 Å². The molecule has 12 nitrogen and oxygen atoms in total. The first-order chi connectivity index (χ1) is 12.0. The number of nitrogens with zero attached hydrogens (tertiary/aromatic N) is 1. The number of hydrazine groups is 1. The number of aliphatic hydroxyl groups is 2. The van der Waals surface area contributed by atoms with Crippen LogP contribution in [0.3, 0.4) is 0 Å². The molecule has 1 unspecified atom stereocenters. The van der Waals surface area contributed by atoms with E-state index in [9.17, 15) is 19.5 Å². The van der Waals surface area contributed by atoms with Gasteiger partial charge in [0.15, 0.2) is 6.04 Å². The van der Waals surface area contributed by atoms with E-state index in [1.807, 2.05) is 5.32 Å². The van der Waals surface area contributed by atoms with Crippen molar-refractivity contribution in [2.24, 2.45) is 11.5 Å². The molecule has 0 spiro atoms. The number of likely N-dealkylation sites (N-methyl/N-ethyl adjacent to an activating group) is 1. The Hall–Kier alpha value is -2.06. The van der Waals surface area contributed by atoms with Crippen LogP contribution in [0.5, 0.6) is 0 Å². The van der Waals surface area contributed by atoms with Gasteiger partial charge in [0.2, 0.25) is 5.91 Å². The minimum absolute atomic E-state index is 0.0233. The summed E-state index contributed by atoms with van der Waals surface area (Å²) in [5.74, 6) is -2.18. The maximum atomic E-state index is 11.9. The van der Waals surface area contributed by atoms with Crippen LogP contribution in [-0.4, -0.2) is 87.7 Å². The minimum Gasteiger partial charge on any atom is -0.480 e. The van der Waals surface area contributed by atoms with Crippen LogP contribution in [-0.2, 0) is 9.59 Å². The van der Waals surface area contributed by atoms with Gasteiger partial charge in [-0.15, -0.1) is 0 Å². The molecular weight excluding hydrogens is 368 g/mol. The molecule has 0 aromatic heterocycles. The molecule has 10 N–H and O–H groups in total. The van der Waals surface area contributed by atoms with Gasteiger partial charge >= 0.3 is 12.0 Å². The molecule has 0 aliphatic carbocycles. The van der Waals surface area contributed by atoms with Crippen molar-refractivity contribution in [3.05, 3.63) is 0 Å². The number of carboxylic acid groups (broad SMARTS) is 1. The van der Waals surface area contributed by atoms with E-state index in [0.717, 1.165) is 0 Å². The highest BCUT2D eigenvalue weighted by molar-refractivity contribution is 7.80. The molecular formula is C13H26N6O6S. The Balaban J connectivity index is 4.86. The molecule has 0 radical (unpaired) electrons. The van der Waals surface area contributed by atoms with Crippen LogP contribution in [0.15, 0.2) is 0 Å². The van der Waals surface area contributed by atoms with Gasteiger partial charge in [0.05, 0.1) is 25.2 Å². The lowest BCUT2D eigenvalue weighted by atomic mass is 10.2. The van der Waals surface area contributed by atoms with Gasteiger partial charge in [-0.3, -0.25) is 4.79 Å². The SMILES string of the molecule is CC(O)[C@@H](N)CN(C)NC(=S)[C@@H](CC(N)=O)NC(=O)N[C@H](CO)C(=O)O. The van der Waals surface area contributed by atoms with Gasteiger partial charge in [0, 0.05) is 19.6 Å². The smallest absolute Gasteiger partial charge is 0.328 e. The van der Waals surface area contributed by atoms with Crippen molar-refractivity contribution < 1.29 is 29.7 Å². The van der Waals surface area contributed by atoms with E-state index >= 15 is 0 Å². The molecule has 0 rings (SSSR count). The zero-order valence-electron chi connectivity index (χ0n) is 14.5. The van der Waals surface area contributed by atoms with Gasteiger partial charge in [-0.05, 0) is 6.92 Å². The van der Waals surface area contributed by atoms with E-state index in [0.29, 0.717) is 0 Å². The number of thiocarbonyl (C=S) groups is 1. The fraction of sp³-hybridized carbons (Fsp3) is 0.692. The third kappa shape index (κ3) is 9.43. The van der Waals surface area contributed by atoms with Crippen molar-refractivity contribution >= 4 is 35.1 Å². The van der Waals surface area contributed by atoms with Crippen LogP contribution in [0.25, 0.3) is 0 Å². The van der Waals surface area contributed by atoms with E-state index < -0.39 is 48.7 Å². The summed E-state index contributed by atoms with van der Waals surface area (Å²) < 4.78 is 0. The standard InChI is InChI=1S/C13H26N6O6S/c1-6(21)7(14)4-19(2)18-11(26)8(3-10(15)22)16-13(25)17-9(5-20)12(23)24/h6-9,20-21H,3-5,14H2,1-2H3,(H2,15,22)(H,18,26)(H,23,24)(H2,16,17,25)/t6?,7-,8+,9+/m0/s1. The van der Waals surface area contributed by atoms with Crippen LogP contribution < -0.4 is 27.5 Å². The zero-order valence-corrected chi connectivity index (χ0v) is 15.3. The predicted molar refractivity (Wildman–Crippen MR) is 95.8 cm³/mol. The second kappa shape index (κ2) is 11.5. The molecule has 0 saturated carbocycles. The van der Waals surface area contributed by atoms with Gasteiger partial charge in [-0.1, -0.05) is 12.2 Å². The van der Waals surface area contributed by atoms with Crippen LogP contribution >= 0.6 is 12.2 Å². The Bertz CT molecular complexity index is 519. The third-order valence-electron chi connectivity index (χ3n) is 3.22. The van der Waals surface area contributed by atoms with E-state index in [1.54, 1.807) is 7.05 Å². The second-order valence-corrected chi connectivity index (χ2v) is 6.12. The number of nitrogens with one attached hydrogen (secondary N) is 3. The molecule has 0 aromatic rings. The summed E-state index contributed by atoms with van der Waals surface area (Å²) in [6.07, 6.45) is -1.10. The average Bonchev–Trinajstić information content (AvgIpc) is 2.50. The Kier molecular flexibility index (Phi) is 10.6. The van der Waals surface area contributed by atoms with Crippen LogP contribution in [0.2, 0.25) is 0 Å². The largest absolute Gasteiger partial charge is 0.480 e. The minimum atomic E-state index is -1.52. The Labute approximate surface area is 155 Å². The summed E-state index contributed by atoms with van der Waals surface area (Å²) >= 11 is 5.13. The van der Waals surface area contributed by atoms with Crippen molar-refractivity contribution in [1.82, 2.24) is 21.1 Å². The molecule has 26 heavy (non-hydrogen) atoms. The topological polar surface area (TPSA) is 203 Å². The summed E-state index contributed by atoms with van der Waals surface area (Å²) in [4.78, 5) is 33.9. The van der Waals surface area contributed by atoms with Gasteiger partial charge in [0.1, 0.15) is 4.99 Å². The number of aliphatic carboxylic acids is 1. The van der Waals surface area contributed by atoms with Crippen LogP contribution in [0.4, 0.5) is 4.79 Å². The quantitative estimate of drug-likeness (QED) is 0.128.